The summed E-state index contributed by atoms with van der Waals surface area (Å²) in [6, 6.07) is 11.5. The van der Waals surface area contributed by atoms with Crippen molar-refractivity contribution in [1.82, 2.24) is 0 Å². The highest BCUT2D eigenvalue weighted by Crippen LogP contribution is 2.35. The van der Waals surface area contributed by atoms with Gasteiger partial charge in [-0.2, -0.15) is 0 Å². The first-order chi connectivity index (χ1) is 9.42. The van der Waals surface area contributed by atoms with E-state index in [9.17, 15) is 13.2 Å². The molecule has 0 amide bonds. The fraction of sp³-hybridized carbons (Fsp3) is 0.200. The van der Waals surface area contributed by atoms with Gasteiger partial charge in [0.15, 0.2) is 0 Å². The fourth-order valence-corrected chi connectivity index (χ4v) is 2.10. The molecule has 0 spiro atoms. The minimum atomic E-state index is -4.71. The van der Waals surface area contributed by atoms with Crippen LogP contribution in [0, 0.1) is 6.92 Å². The van der Waals surface area contributed by atoms with Crippen molar-refractivity contribution >= 4 is 0 Å². The molecule has 2 rings (SSSR count). The van der Waals surface area contributed by atoms with Crippen LogP contribution in [0.3, 0.4) is 0 Å². The first kappa shape index (κ1) is 14.4. The third-order valence-electron chi connectivity index (χ3n) is 3.07. The summed E-state index contributed by atoms with van der Waals surface area (Å²) in [5, 5.41) is 0. The minimum Gasteiger partial charge on any atom is -0.405 e. The van der Waals surface area contributed by atoms with Gasteiger partial charge in [-0.3, -0.25) is 0 Å². The van der Waals surface area contributed by atoms with Gasteiger partial charge in [0, 0.05) is 12.1 Å². The molecule has 0 radical (unpaired) electrons. The van der Waals surface area contributed by atoms with Gasteiger partial charge in [-0.15, -0.1) is 13.2 Å². The first-order valence-corrected chi connectivity index (χ1v) is 6.06. The van der Waals surface area contributed by atoms with E-state index in [2.05, 4.69) is 4.74 Å². The quantitative estimate of drug-likeness (QED) is 0.922. The molecule has 0 atom stereocenters. The lowest BCUT2D eigenvalue weighted by Crippen LogP contribution is -2.17. The molecule has 106 valence electrons. The van der Waals surface area contributed by atoms with Gasteiger partial charge in [-0.25, -0.2) is 0 Å². The van der Waals surface area contributed by atoms with Gasteiger partial charge in [0.1, 0.15) is 5.75 Å². The Morgan fingerprint density at radius 3 is 2.30 bits per heavy atom. The molecule has 2 N–H and O–H groups in total. The van der Waals surface area contributed by atoms with E-state index < -0.39 is 6.36 Å². The topological polar surface area (TPSA) is 35.2 Å². The first-order valence-electron chi connectivity index (χ1n) is 6.06. The van der Waals surface area contributed by atoms with Crippen LogP contribution in [0.25, 0.3) is 11.1 Å². The van der Waals surface area contributed by atoms with Gasteiger partial charge < -0.3 is 10.5 Å². The highest BCUT2D eigenvalue weighted by Gasteiger charge is 2.32. The summed E-state index contributed by atoms with van der Waals surface area (Å²) in [7, 11) is 0. The molecule has 2 aromatic carbocycles. The van der Waals surface area contributed by atoms with Crippen LogP contribution in [0.2, 0.25) is 0 Å². The number of alkyl halides is 3. The Kier molecular flexibility index (Phi) is 3.99. The van der Waals surface area contributed by atoms with E-state index in [1.54, 1.807) is 24.3 Å². The zero-order valence-electron chi connectivity index (χ0n) is 10.9. The molecular formula is C15H14F3NO. The fourth-order valence-electron chi connectivity index (χ4n) is 2.10. The summed E-state index contributed by atoms with van der Waals surface area (Å²) in [4.78, 5) is 0. The molecule has 0 unspecified atom stereocenters. The number of ether oxygens (including phenoxy) is 1. The van der Waals surface area contributed by atoms with Crippen molar-refractivity contribution in [2.75, 3.05) is 0 Å². The highest BCUT2D eigenvalue weighted by molar-refractivity contribution is 5.74. The number of hydrogen-bond donors (Lipinski definition) is 1. The van der Waals surface area contributed by atoms with E-state index >= 15 is 0 Å². The Balaban J connectivity index is 2.53. The maximum Gasteiger partial charge on any atom is 0.573 e. The van der Waals surface area contributed by atoms with Crippen molar-refractivity contribution < 1.29 is 17.9 Å². The Morgan fingerprint density at radius 1 is 1.00 bits per heavy atom. The molecule has 0 aromatic heterocycles. The SMILES string of the molecule is Cc1c(CN)cccc1-c1ccccc1OC(F)(F)F. The van der Waals surface area contributed by atoms with E-state index in [0.717, 1.165) is 11.1 Å². The normalized spacial score (nSPS) is 11.4. The van der Waals surface area contributed by atoms with Crippen molar-refractivity contribution in [3.63, 3.8) is 0 Å². The van der Waals surface area contributed by atoms with Gasteiger partial charge >= 0.3 is 6.36 Å². The molecule has 20 heavy (non-hydrogen) atoms. The van der Waals surface area contributed by atoms with Crippen LogP contribution in [0.15, 0.2) is 42.5 Å². The number of nitrogens with two attached hydrogens (primary N) is 1. The second-order valence-corrected chi connectivity index (χ2v) is 4.34. The van der Waals surface area contributed by atoms with Crippen LogP contribution < -0.4 is 10.5 Å². The summed E-state index contributed by atoms with van der Waals surface area (Å²) >= 11 is 0. The zero-order chi connectivity index (χ0) is 14.8. The largest absolute Gasteiger partial charge is 0.573 e. The molecule has 0 saturated carbocycles. The van der Waals surface area contributed by atoms with E-state index in [1.807, 2.05) is 13.0 Å². The van der Waals surface area contributed by atoms with Crippen molar-refractivity contribution in [2.24, 2.45) is 5.73 Å². The second-order valence-electron chi connectivity index (χ2n) is 4.34. The number of benzene rings is 2. The van der Waals surface area contributed by atoms with E-state index in [4.69, 9.17) is 5.73 Å². The van der Waals surface area contributed by atoms with E-state index in [1.165, 1.54) is 12.1 Å². The van der Waals surface area contributed by atoms with Crippen LogP contribution in [-0.4, -0.2) is 6.36 Å². The van der Waals surface area contributed by atoms with Gasteiger partial charge in [0.25, 0.3) is 0 Å². The molecule has 0 heterocycles. The lowest BCUT2D eigenvalue weighted by Gasteiger charge is -2.16. The summed E-state index contributed by atoms with van der Waals surface area (Å²) in [5.41, 5.74) is 8.46. The third kappa shape index (κ3) is 3.11. The molecule has 2 aromatic rings. The molecular weight excluding hydrogens is 267 g/mol. The maximum absolute atomic E-state index is 12.4. The second kappa shape index (κ2) is 5.54. The van der Waals surface area contributed by atoms with E-state index in [0.29, 0.717) is 17.7 Å². The molecule has 5 heteroatoms. The molecule has 0 fully saturated rings. The molecule has 0 aliphatic rings. The van der Waals surface area contributed by atoms with Crippen molar-refractivity contribution in [3.05, 3.63) is 53.6 Å². The maximum atomic E-state index is 12.4. The number of hydrogen-bond acceptors (Lipinski definition) is 2. The average Bonchev–Trinajstić information content (AvgIpc) is 2.38. The van der Waals surface area contributed by atoms with E-state index in [-0.39, 0.29) is 5.75 Å². The minimum absolute atomic E-state index is 0.211. The van der Waals surface area contributed by atoms with Crippen LogP contribution in [0.1, 0.15) is 11.1 Å². The number of rotatable bonds is 3. The predicted molar refractivity (Wildman–Crippen MR) is 71.2 cm³/mol. The highest BCUT2D eigenvalue weighted by atomic mass is 19.4. The molecule has 0 aliphatic heterocycles. The number of para-hydroxylation sites is 1. The Labute approximate surface area is 115 Å². The van der Waals surface area contributed by atoms with Crippen molar-refractivity contribution in [2.45, 2.75) is 19.8 Å². The number of halogens is 3. The van der Waals surface area contributed by atoms with Gasteiger partial charge in [-0.1, -0.05) is 36.4 Å². The summed E-state index contributed by atoms with van der Waals surface area (Å²) in [6.45, 7) is 2.17. The smallest absolute Gasteiger partial charge is 0.405 e. The standard InChI is InChI=1S/C15H14F3NO/c1-10-11(9-19)5-4-7-12(10)13-6-2-3-8-14(13)20-15(16,17)18/h2-8H,9,19H2,1H3. The van der Waals surface area contributed by atoms with Gasteiger partial charge in [-0.05, 0) is 29.7 Å². The van der Waals surface area contributed by atoms with Crippen LogP contribution in [0.5, 0.6) is 5.75 Å². The zero-order valence-corrected chi connectivity index (χ0v) is 10.9. The van der Waals surface area contributed by atoms with Crippen LogP contribution in [-0.2, 0) is 6.54 Å². The van der Waals surface area contributed by atoms with Crippen molar-refractivity contribution in [3.8, 4) is 16.9 Å². The lowest BCUT2D eigenvalue weighted by molar-refractivity contribution is -0.274. The van der Waals surface area contributed by atoms with Gasteiger partial charge in [0.2, 0.25) is 0 Å². The average molecular weight is 281 g/mol. The Hall–Kier alpha value is -2.01. The third-order valence-corrected chi connectivity index (χ3v) is 3.07. The van der Waals surface area contributed by atoms with Crippen LogP contribution >= 0.6 is 0 Å². The molecule has 0 aliphatic carbocycles. The summed E-state index contributed by atoms with van der Waals surface area (Å²) in [6.07, 6.45) is -4.71. The van der Waals surface area contributed by atoms with Gasteiger partial charge in [0.05, 0.1) is 0 Å². The van der Waals surface area contributed by atoms with Crippen LogP contribution in [0.4, 0.5) is 13.2 Å². The Bertz CT molecular complexity index is 608. The summed E-state index contributed by atoms with van der Waals surface area (Å²) < 4.78 is 41.4. The van der Waals surface area contributed by atoms with Crippen molar-refractivity contribution in [1.29, 1.82) is 0 Å². The monoisotopic (exact) mass is 281 g/mol. The molecule has 0 saturated heterocycles. The molecule has 0 bridgehead atoms. The lowest BCUT2D eigenvalue weighted by atomic mass is 9.96. The predicted octanol–water partition coefficient (Wildman–Crippen LogP) is 4.02. The molecule has 2 nitrogen and oxygen atoms in total. The Morgan fingerprint density at radius 2 is 1.65 bits per heavy atom. The summed E-state index contributed by atoms with van der Waals surface area (Å²) in [5.74, 6) is -0.211.